The summed E-state index contributed by atoms with van der Waals surface area (Å²) in [6.07, 6.45) is 3.31. The van der Waals surface area contributed by atoms with Gasteiger partial charge in [0.05, 0.1) is 5.56 Å². The van der Waals surface area contributed by atoms with Crippen molar-refractivity contribution in [1.29, 1.82) is 0 Å². The van der Waals surface area contributed by atoms with Gasteiger partial charge in [-0.1, -0.05) is 43.5 Å². The molecule has 2 aromatic rings. The van der Waals surface area contributed by atoms with E-state index in [0.29, 0.717) is 0 Å². The van der Waals surface area contributed by atoms with Gasteiger partial charge in [-0.05, 0) is 28.6 Å². The minimum atomic E-state index is -0.937. The largest absolute Gasteiger partial charge is 0.478 e. The van der Waals surface area contributed by atoms with Crippen LogP contribution in [0, 0.1) is 0 Å². The molecule has 2 aromatic carbocycles. The molecule has 0 heterocycles. The number of rotatable bonds is 3. The summed E-state index contributed by atoms with van der Waals surface area (Å²) in [5, 5.41) is 10.9. The molecule has 17 heavy (non-hydrogen) atoms. The predicted molar refractivity (Wildman–Crippen MR) is 71.1 cm³/mol. The van der Waals surface area contributed by atoms with Crippen molar-refractivity contribution in [2.75, 3.05) is 0 Å². The lowest BCUT2D eigenvalue weighted by Gasteiger charge is -2.08. The summed E-state index contributed by atoms with van der Waals surface area (Å²) in [5.74, 6) is -0.937. The Balaban J connectivity index is 2.96. The van der Waals surface area contributed by atoms with E-state index in [1.807, 2.05) is 24.3 Å². The molecule has 2 heteroatoms. The second kappa shape index (κ2) is 4.26. The fraction of sp³-hybridized carbons (Fsp3) is 0. The Kier molecular flexibility index (Phi) is 2.79. The number of fused-ring (bicyclic) bond motifs is 1. The van der Waals surface area contributed by atoms with Gasteiger partial charge >= 0.3 is 5.97 Å². The second-order valence-corrected chi connectivity index (χ2v) is 3.73. The number of carboxylic acids is 1. The van der Waals surface area contributed by atoms with Gasteiger partial charge in [-0.3, -0.25) is 0 Å². The van der Waals surface area contributed by atoms with E-state index in [4.69, 9.17) is 0 Å². The molecular weight excluding hydrogens is 212 g/mol. The van der Waals surface area contributed by atoms with E-state index in [-0.39, 0.29) is 5.56 Å². The fourth-order valence-electron chi connectivity index (χ4n) is 1.94. The molecule has 0 fully saturated rings. The predicted octanol–water partition coefficient (Wildman–Crippen LogP) is 3.82. The lowest BCUT2D eigenvalue weighted by atomic mass is 9.96. The van der Waals surface area contributed by atoms with Gasteiger partial charge in [-0.15, -0.1) is 0 Å². The molecule has 1 N–H and O–H groups in total. The standard InChI is InChI=1S/C15H12O2/c1-3-10-8-12-7-5-6-11(4-2)14(12)13(9-10)15(16)17/h3-9H,1-2H2,(H,16,17). The monoisotopic (exact) mass is 224 g/mol. The zero-order valence-corrected chi connectivity index (χ0v) is 9.31. The van der Waals surface area contributed by atoms with Crippen LogP contribution in [0.2, 0.25) is 0 Å². The van der Waals surface area contributed by atoms with Gasteiger partial charge in [-0.25, -0.2) is 4.79 Å². The van der Waals surface area contributed by atoms with Crippen LogP contribution in [-0.4, -0.2) is 11.1 Å². The molecular formula is C15H12O2. The molecule has 0 unspecified atom stereocenters. The molecule has 0 aliphatic carbocycles. The summed E-state index contributed by atoms with van der Waals surface area (Å²) < 4.78 is 0. The van der Waals surface area contributed by atoms with Gasteiger partial charge in [0.2, 0.25) is 0 Å². The highest BCUT2D eigenvalue weighted by atomic mass is 16.4. The number of aromatic carboxylic acids is 1. The van der Waals surface area contributed by atoms with Crippen LogP contribution < -0.4 is 0 Å². The maximum atomic E-state index is 11.3. The Morgan fingerprint density at radius 1 is 1.18 bits per heavy atom. The van der Waals surface area contributed by atoms with Crippen LogP contribution >= 0.6 is 0 Å². The van der Waals surface area contributed by atoms with Gasteiger partial charge in [0.1, 0.15) is 0 Å². The molecule has 0 saturated carbocycles. The normalized spacial score (nSPS) is 10.1. The first kappa shape index (κ1) is 11.1. The van der Waals surface area contributed by atoms with Crippen LogP contribution in [0.3, 0.4) is 0 Å². The maximum Gasteiger partial charge on any atom is 0.336 e. The van der Waals surface area contributed by atoms with Crippen LogP contribution in [-0.2, 0) is 0 Å². The first-order valence-corrected chi connectivity index (χ1v) is 5.22. The summed E-state index contributed by atoms with van der Waals surface area (Å²) in [5.41, 5.74) is 1.92. The molecule has 0 bridgehead atoms. The van der Waals surface area contributed by atoms with Gasteiger partial charge in [0.15, 0.2) is 0 Å². The number of carboxylic acid groups (broad SMARTS) is 1. The molecule has 0 atom stereocenters. The average Bonchev–Trinajstić information content (AvgIpc) is 2.36. The van der Waals surface area contributed by atoms with E-state index >= 15 is 0 Å². The third-order valence-corrected chi connectivity index (χ3v) is 2.72. The highest BCUT2D eigenvalue weighted by molar-refractivity contribution is 6.07. The zero-order valence-electron chi connectivity index (χ0n) is 9.31. The number of carbonyl (C=O) groups is 1. The van der Waals surface area contributed by atoms with Crippen molar-refractivity contribution in [1.82, 2.24) is 0 Å². The minimum absolute atomic E-state index is 0.285. The molecule has 0 spiro atoms. The van der Waals surface area contributed by atoms with Crippen LogP contribution in [0.1, 0.15) is 21.5 Å². The molecule has 0 radical (unpaired) electrons. The van der Waals surface area contributed by atoms with Gasteiger partial charge in [-0.2, -0.15) is 0 Å². The summed E-state index contributed by atoms with van der Waals surface area (Å²) in [4.78, 5) is 11.3. The number of benzene rings is 2. The molecule has 0 aliphatic rings. The van der Waals surface area contributed by atoms with Crippen LogP contribution in [0.25, 0.3) is 22.9 Å². The Morgan fingerprint density at radius 3 is 2.53 bits per heavy atom. The minimum Gasteiger partial charge on any atom is -0.478 e. The molecule has 2 rings (SSSR count). The van der Waals surface area contributed by atoms with Gasteiger partial charge in [0, 0.05) is 5.39 Å². The van der Waals surface area contributed by atoms with E-state index in [1.54, 1.807) is 18.2 Å². The molecule has 0 saturated heterocycles. The van der Waals surface area contributed by atoms with E-state index in [2.05, 4.69) is 13.2 Å². The van der Waals surface area contributed by atoms with Crippen molar-refractivity contribution in [3.63, 3.8) is 0 Å². The summed E-state index contributed by atoms with van der Waals surface area (Å²) in [7, 11) is 0. The highest BCUT2D eigenvalue weighted by Crippen LogP contribution is 2.26. The first-order valence-electron chi connectivity index (χ1n) is 5.22. The number of hydrogen-bond donors (Lipinski definition) is 1. The van der Waals surface area contributed by atoms with Crippen LogP contribution in [0.4, 0.5) is 0 Å². The first-order chi connectivity index (χ1) is 8.17. The average molecular weight is 224 g/mol. The quantitative estimate of drug-likeness (QED) is 0.860. The van der Waals surface area contributed by atoms with Crippen molar-refractivity contribution in [3.05, 3.63) is 60.2 Å². The Hall–Kier alpha value is -2.35. The Morgan fingerprint density at radius 2 is 1.94 bits per heavy atom. The van der Waals surface area contributed by atoms with E-state index in [0.717, 1.165) is 21.9 Å². The smallest absolute Gasteiger partial charge is 0.336 e. The lowest BCUT2D eigenvalue weighted by molar-refractivity contribution is 0.0699. The molecule has 0 aliphatic heterocycles. The van der Waals surface area contributed by atoms with E-state index in [9.17, 15) is 9.90 Å². The van der Waals surface area contributed by atoms with Crippen molar-refractivity contribution in [2.45, 2.75) is 0 Å². The third-order valence-electron chi connectivity index (χ3n) is 2.72. The third kappa shape index (κ3) is 1.85. The van der Waals surface area contributed by atoms with Crippen molar-refractivity contribution in [2.24, 2.45) is 0 Å². The van der Waals surface area contributed by atoms with Crippen LogP contribution in [0.15, 0.2) is 43.5 Å². The van der Waals surface area contributed by atoms with Gasteiger partial charge in [0.25, 0.3) is 0 Å². The SMILES string of the molecule is C=Cc1cc(C(=O)O)c2c(C=C)cccc2c1. The second-order valence-electron chi connectivity index (χ2n) is 3.73. The summed E-state index contributed by atoms with van der Waals surface area (Å²) in [6, 6.07) is 9.18. The van der Waals surface area contributed by atoms with Crippen LogP contribution in [0.5, 0.6) is 0 Å². The summed E-state index contributed by atoms with van der Waals surface area (Å²) >= 11 is 0. The molecule has 0 aromatic heterocycles. The zero-order chi connectivity index (χ0) is 12.4. The lowest BCUT2D eigenvalue weighted by Crippen LogP contribution is -1.99. The van der Waals surface area contributed by atoms with Gasteiger partial charge < -0.3 is 5.11 Å². The maximum absolute atomic E-state index is 11.3. The molecule has 84 valence electrons. The number of hydrogen-bond acceptors (Lipinski definition) is 1. The Labute approximate surface area is 99.5 Å². The molecule has 0 amide bonds. The van der Waals surface area contributed by atoms with Crippen molar-refractivity contribution in [3.8, 4) is 0 Å². The fourth-order valence-corrected chi connectivity index (χ4v) is 1.94. The van der Waals surface area contributed by atoms with Crippen molar-refractivity contribution >= 4 is 28.9 Å². The molecule has 2 nitrogen and oxygen atoms in total. The highest BCUT2D eigenvalue weighted by Gasteiger charge is 2.11. The Bertz CT molecular complexity index is 624. The van der Waals surface area contributed by atoms with E-state index in [1.165, 1.54) is 0 Å². The topological polar surface area (TPSA) is 37.3 Å². The van der Waals surface area contributed by atoms with E-state index < -0.39 is 5.97 Å². The van der Waals surface area contributed by atoms with Crippen molar-refractivity contribution < 1.29 is 9.90 Å². The summed E-state index contributed by atoms with van der Waals surface area (Å²) in [6.45, 7) is 7.38.